The molecule has 1 saturated carbocycles. The van der Waals surface area contributed by atoms with Crippen LogP contribution in [-0.2, 0) is 20.2 Å². The number of nitrogens with zero attached hydrogens (tertiary/aromatic N) is 1. The summed E-state index contributed by atoms with van der Waals surface area (Å²) < 4.78 is 26.0. The van der Waals surface area contributed by atoms with Crippen molar-refractivity contribution in [2.75, 3.05) is 25.4 Å². The van der Waals surface area contributed by atoms with E-state index in [4.69, 9.17) is 0 Å². The van der Waals surface area contributed by atoms with Crippen LogP contribution >= 0.6 is 0 Å². The van der Waals surface area contributed by atoms with Gasteiger partial charge in [0, 0.05) is 19.6 Å². The maximum atomic E-state index is 12.8. The number of nitrogens with one attached hydrogen (secondary N) is 1. The minimum Gasteiger partial charge on any atom is -0.355 e. The Balaban J connectivity index is 1.54. The van der Waals surface area contributed by atoms with Crippen molar-refractivity contribution in [3.63, 3.8) is 0 Å². The second-order valence-electron chi connectivity index (χ2n) is 8.11. The average Bonchev–Trinajstić information content (AvgIpc) is 3.44. The van der Waals surface area contributed by atoms with E-state index in [-0.39, 0.29) is 23.0 Å². The summed E-state index contributed by atoms with van der Waals surface area (Å²) in [4.78, 5) is 12.8. The summed E-state index contributed by atoms with van der Waals surface area (Å²) in [5.74, 6) is 0.874. The Morgan fingerprint density at radius 3 is 2.58 bits per heavy atom. The first-order valence-corrected chi connectivity index (χ1v) is 11.4. The Hall–Kier alpha value is -1.40. The summed E-state index contributed by atoms with van der Waals surface area (Å²) >= 11 is 0. The number of rotatable bonds is 5. The van der Waals surface area contributed by atoms with Crippen LogP contribution in [0.2, 0.25) is 0 Å². The minimum atomic E-state index is -3.13. The molecule has 1 aromatic rings. The standard InChI is InChI=1S/C20H28N2O3S/c1-2-26(24,25)22-11-9-20(10-12-22)13-17(16-5-3-4-6-18(16)20)19(23)21-14-15-7-8-15/h3-6,15,17H,2,7-14H2,1H3,(H,21,23)/t17-/m1/s1. The number of carbonyl (C=O) groups is 1. The molecule has 1 aliphatic heterocycles. The highest BCUT2D eigenvalue weighted by Gasteiger charge is 2.48. The van der Waals surface area contributed by atoms with Gasteiger partial charge in [0.05, 0.1) is 11.7 Å². The summed E-state index contributed by atoms with van der Waals surface area (Å²) in [5.41, 5.74) is 2.35. The molecular weight excluding hydrogens is 348 g/mol. The van der Waals surface area contributed by atoms with E-state index in [1.165, 1.54) is 18.4 Å². The van der Waals surface area contributed by atoms with E-state index in [1.54, 1.807) is 11.2 Å². The van der Waals surface area contributed by atoms with Crippen molar-refractivity contribution in [3.05, 3.63) is 35.4 Å². The van der Waals surface area contributed by atoms with E-state index in [1.807, 2.05) is 12.1 Å². The molecular formula is C20H28N2O3S. The normalized spacial score (nSPS) is 25.2. The number of hydrogen-bond acceptors (Lipinski definition) is 3. The molecule has 1 N–H and O–H groups in total. The Kier molecular flexibility index (Phi) is 4.59. The van der Waals surface area contributed by atoms with Gasteiger partial charge in [0.25, 0.3) is 0 Å². The van der Waals surface area contributed by atoms with Crippen molar-refractivity contribution in [1.82, 2.24) is 9.62 Å². The Labute approximate surface area is 156 Å². The second-order valence-corrected chi connectivity index (χ2v) is 10.4. The highest BCUT2D eigenvalue weighted by Crippen LogP contribution is 2.52. The lowest BCUT2D eigenvalue weighted by atomic mass is 9.74. The molecule has 26 heavy (non-hydrogen) atoms. The van der Waals surface area contributed by atoms with E-state index in [9.17, 15) is 13.2 Å². The number of amides is 1. The molecule has 4 rings (SSSR count). The van der Waals surface area contributed by atoms with Crippen LogP contribution in [0.1, 0.15) is 56.1 Å². The number of piperidine rings is 1. The maximum absolute atomic E-state index is 12.8. The molecule has 0 radical (unpaired) electrons. The topological polar surface area (TPSA) is 66.5 Å². The van der Waals surface area contributed by atoms with Crippen LogP contribution in [0.25, 0.3) is 0 Å². The lowest BCUT2D eigenvalue weighted by Gasteiger charge is -2.39. The van der Waals surface area contributed by atoms with Gasteiger partial charge in [-0.1, -0.05) is 24.3 Å². The van der Waals surface area contributed by atoms with Crippen molar-refractivity contribution in [2.24, 2.45) is 5.92 Å². The third-order valence-corrected chi connectivity index (χ3v) is 8.40. The summed E-state index contributed by atoms with van der Waals surface area (Å²) in [6.07, 6.45) is 4.87. The predicted molar refractivity (Wildman–Crippen MR) is 101 cm³/mol. The summed E-state index contributed by atoms with van der Waals surface area (Å²) in [6, 6.07) is 8.28. The zero-order valence-electron chi connectivity index (χ0n) is 15.4. The first kappa shape index (κ1) is 18.0. The average molecular weight is 377 g/mol. The zero-order chi connectivity index (χ0) is 18.4. The Morgan fingerprint density at radius 1 is 1.23 bits per heavy atom. The maximum Gasteiger partial charge on any atom is 0.227 e. The van der Waals surface area contributed by atoms with Crippen molar-refractivity contribution >= 4 is 15.9 Å². The minimum absolute atomic E-state index is 0.0576. The van der Waals surface area contributed by atoms with Crippen LogP contribution in [0.5, 0.6) is 0 Å². The van der Waals surface area contributed by atoms with Crippen molar-refractivity contribution < 1.29 is 13.2 Å². The number of sulfonamides is 1. The molecule has 1 saturated heterocycles. The molecule has 2 fully saturated rings. The number of carbonyl (C=O) groups excluding carboxylic acids is 1. The van der Waals surface area contributed by atoms with E-state index in [2.05, 4.69) is 17.4 Å². The molecule has 1 aromatic carbocycles. The molecule has 0 aromatic heterocycles. The second kappa shape index (κ2) is 6.64. The van der Waals surface area contributed by atoms with Crippen LogP contribution in [0, 0.1) is 5.92 Å². The fourth-order valence-electron chi connectivity index (χ4n) is 4.67. The molecule has 3 aliphatic rings. The Morgan fingerprint density at radius 2 is 1.92 bits per heavy atom. The van der Waals surface area contributed by atoms with Gasteiger partial charge in [-0.25, -0.2) is 12.7 Å². The van der Waals surface area contributed by atoms with Crippen molar-refractivity contribution in [3.8, 4) is 0 Å². The number of benzene rings is 1. The van der Waals surface area contributed by atoms with Gasteiger partial charge < -0.3 is 5.32 Å². The fourth-order valence-corrected chi connectivity index (χ4v) is 5.77. The van der Waals surface area contributed by atoms with Crippen molar-refractivity contribution in [2.45, 2.75) is 50.4 Å². The van der Waals surface area contributed by atoms with Gasteiger partial charge in [-0.3, -0.25) is 4.79 Å². The van der Waals surface area contributed by atoms with Gasteiger partial charge in [0.15, 0.2) is 0 Å². The molecule has 1 spiro atoms. The van der Waals surface area contributed by atoms with E-state index >= 15 is 0 Å². The van der Waals surface area contributed by atoms with Crippen LogP contribution < -0.4 is 5.32 Å². The SMILES string of the molecule is CCS(=O)(=O)N1CCC2(CC1)C[C@@H](C(=O)NCC1CC1)c1ccccc12. The summed E-state index contributed by atoms with van der Waals surface area (Å²) in [7, 11) is -3.13. The predicted octanol–water partition coefficient (Wildman–Crippen LogP) is 2.38. The fraction of sp³-hybridized carbons (Fsp3) is 0.650. The molecule has 0 unspecified atom stereocenters. The van der Waals surface area contributed by atoms with Crippen LogP contribution in [0.4, 0.5) is 0 Å². The first-order chi connectivity index (χ1) is 12.5. The largest absolute Gasteiger partial charge is 0.355 e. The first-order valence-electron chi connectivity index (χ1n) is 9.80. The van der Waals surface area contributed by atoms with E-state index in [0.29, 0.717) is 19.0 Å². The van der Waals surface area contributed by atoms with Gasteiger partial charge in [-0.15, -0.1) is 0 Å². The highest BCUT2D eigenvalue weighted by atomic mass is 32.2. The van der Waals surface area contributed by atoms with Gasteiger partial charge >= 0.3 is 0 Å². The van der Waals surface area contributed by atoms with E-state index in [0.717, 1.165) is 31.4 Å². The van der Waals surface area contributed by atoms with Gasteiger partial charge in [-0.05, 0) is 61.5 Å². The summed E-state index contributed by atoms with van der Waals surface area (Å²) in [6.45, 7) is 3.61. The van der Waals surface area contributed by atoms with Crippen LogP contribution in [0.15, 0.2) is 24.3 Å². The molecule has 142 valence electrons. The number of fused-ring (bicyclic) bond motifs is 2. The van der Waals surface area contributed by atoms with Gasteiger partial charge in [0.1, 0.15) is 0 Å². The van der Waals surface area contributed by atoms with Gasteiger partial charge in [-0.2, -0.15) is 0 Å². The smallest absolute Gasteiger partial charge is 0.227 e. The van der Waals surface area contributed by atoms with E-state index < -0.39 is 10.0 Å². The number of hydrogen-bond donors (Lipinski definition) is 1. The lowest BCUT2D eigenvalue weighted by Crippen LogP contribution is -2.45. The molecule has 1 heterocycles. The molecule has 6 heteroatoms. The third-order valence-electron chi connectivity index (χ3n) is 6.52. The summed E-state index contributed by atoms with van der Waals surface area (Å²) in [5, 5.41) is 3.15. The third kappa shape index (κ3) is 3.18. The highest BCUT2D eigenvalue weighted by molar-refractivity contribution is 7.89. The molecule has 5 nitrogen and oxygen atoms in total. The molecule has 0 bridgehead atoms. The van der Waals surface area contributed by atoms with Gasteiger partial charge in [0.2, 0.25) is 15.9 Å². The van der Waals surface area contributed by atoms with Crippen molar-refractivity contribution in [1.29, 1.82) is 0 Å². The Bertz CT molecular complexity index is 793. The monoisotopic (exact) mass is 376 g/mol. The quantitative estimate of drug-likeness (QED) is 0.858. The van der Waals surface area contributed by atoms with Crippen LogP contribution in [0.3, 0.4) is 0 Å². The van der Waals surface area contributed by atoms with Crippen LogP contribution in [-0.4, -0.2) is 44.0 Å². The lowest BCUT2D eigenvalue weighted by molar-refractivity contribution is -0.122. The molecule has 2 aliphatic carbocycles. The zero-order valence-corrected chi connectivity index (χ0v) is 16.2. The molecule has 1 atom stereocenters. The molecule has 1 amide bonds.